The Labute approximate surface area is 232 Å². The van der Waals surface area contributed by atoms with Crippen molar-refractivity contribution in [2.24, 2.45) is 0 Å². The Kier molecular flexibility index (Phi) is 7.36. The SMILES string of the molecule is Cc1c(Oc2ccnc3ccc(S(=O)(=O)C4CCOC4)cc23)ccc(CC(=O)Nc2cnn(C(C)(C)C)c2)c1F. The van der Waals surface area contributed by atoms with Crippen LogP contribution >= 0.6 is 0 Å². The Morgan fingerprint density at radius 3 is 2.70 bits per heavy atom. The number of anilines is 1. The summed E-state index contributed by atoms with van der Waals surface area (Å²) in [6.07, 6.45) is 5.10. The van der Waals surface area contributed by atoms with E-state index in [2.05, 4.69) is 15.4 Å². The number of carbonyl (C=O) groups excluding carboxylic acids is 1. The molecule has 1 saturated heterocycles. The summed E-state index contributed by atoms with van der Waals surface area (Å²) < 4.78 is 54.7. The number of amides is 1. The lowest BCUT2D eigenvalue weighted by Crippen LogP contribution is -2.22. The lowest BCUT2D eigenvalue weighted by atomic mass is 10.1. The summed E-state index contributed by atoms with van der Waals surface area (Å²) in [6.45, 7) is 8.13. The highest BCUT2D eigenvalue weighted by Gasteiger charge is 2.31. The van der Waals surface area contributed by atoms with Crippen molar-refractivity contribution < 1.29 is 27.1 Å². The van der Waals surface area contributed by atoms with Gasteiger partial charge in [-0.2, -0.15) is 5.10 Å². The summed E-state index contributed by atoms with van der Waals surface area (Å²) in [5.74, 6) is -0.338. The minimum absolute atomic E-state index is 0.158. The molecule has 1 aliphatic heterocycles. The smallest absolute Gasteiger partial charge is 0.228 e. The Balaban J connectivity index is 1.36. The van der Waals surface area contributed by atoms with Crippen LogP contribution in [0.2, 0.25) is 0 Å². The third-order valence-electron chi connectivity index (χ3n) is 6.87. The maximum atomic E-state index is 15.4. The van der Waals surface area contributed by atoms with E-state index in [1.165, 1.54) is 18.2 Å². The molecule has 0 bridgehead atoms. The number of sulfone groups is 1. The minimum Gasteiger partial charge on any atom is -0.456 e. The molecule has 0 aliphatic carbocycles. The quantitative estimate of drug-likeness (QED) is 0.328. The number of ether oxygens (including phenoxy) is 2. The molecule has 9 nitrogen and oxygen atoms in total. The number of carbonyl (C=O) groups is 1. The normalized spacial score (nSPS) is 15.9. The molecule has 210 valence electrons. The fourth-order valence-electron chi connectivity index (χ4n) is 4.54. The number of hydrogen-bond acceptors (Lipinski definition) is 7. The maximum Gasteiger partial charge on any atom is 0.228 e. The lowest BCUT2D eigenvalue weighted by molar-refractivity contribution is -0.115. The zero-order valence-electron chi connectivity index (χ0n) is 22.8. The minimum atomic E-state index is -3.59. The fourth-order valence-corrected chi connectivity index (χ4v) is 6.14. The number of halogens is 1. The van der Waals surface area contributed by atoms with Gasteiger partial charge in [-0.1, -0.05) is 6.07 Å². The van der Waals surface area contributed by atoms with E-state index in [1.807, 2.05) is 20.8 Å². The molecule has 1 aliphatic rings. The summed E-state index contributed by atoms with van der Waals surface area (Å²) in [4.78, 5) is 17.1. The fraction of sp³-hybridized carbons (Fsp3) is 0.345. The first kappa shape index (κ1) is 27.7. The van der Waals surface area contributed by atoms with Gasteiger partial charge in [-0.25, -0.2) is 12.8 Å². The van der Waals surface area contributed by atoms with Gasteiger partial charge in [0, 0.05) is 30.0 Å². The Morgan fingerprint density at radius 2 is 2.00 bits per heavy atom. The summed E-state index contributed by atoms with van der Waals surface area (Å²) in [5, 5.41) is 6.91. The van der Waals surface area contributed by atoms with Crippen LogP contribution in [0.15, 0.2) is 59.9 Å². The third-order valence-corrected chi connectivity index (χ3v) is 9.03. The van der Waals surface area contributed by atoms with E-state index in [-0.39, 0.29) is 46.2 Å². The van der Waals surface area contributed by atoms with E-state index >= 15 is 4.39 Å². The van der Waals surface area contributed by atoms with Crippen molar-refractivity contribution in [1.82, 2.24) is 14.8 Å². The Morgan fingerprint density at radius 1 is 1.20 bits per heavy atom. The molecule has 2 aromatic carbocycles. The highest BCUT2D eigenvalue weighted by molar-refractivity contribution is 7.92. The van der Waals surface area contributed by atoms with E-state index < -0.39 is 20.9 Å². The molecule has 1 unspecified atom stereocenters. The summed E-state index contributed by atoms with van der Waals surface area (Å²) in [6, 6.07) is 9.42. The summed E-state index contributed by atoms with van der Waals surface area (Å²) in [5.41, 5.74) is 1.28. The number of pyridine rings is 1. The number of nitrogens with zero attached hydrogens (tertiary/aromatic N) is 3. The number of benzene rings is 2. The van der Waals surface area contributed by atoms with Crippen LogP contribution in [0.4, 0.5) is 10.1 Å². The zero-order valence-corrected chi connectivity index (χ0v) is 23.6. The van der Waals surface area contributed by atoms with Crippen LogP contribution in [-0.2, 0) is 31.3 Å². The first-order valence-corrected chi connectivity index (χ1v) is 14.5. The molecule has 4 aromatic rings. The number of nitrogens with one attached hydrogen (secondary N) is 1. The number of fused-ring (bicyclic) bond motifs is 1. The van der Waals surface area contributed by atoms with Crippen molar-refractivity contribution in [2.45, 2.75) is 56.2 Å². The number of hydrogen-bond donors (Lipinski definition) is 1. The second kappa shape index (κ2) is 10.6. The second-order valence-corrected chi connectivity index (χ2v) is 13.1. The van der Waals surface area contributed by atoms with E-state index in [1.54, 1.807) is 48.4 Å². The molecule has 5 rings (SSSR count). The summed E-state index contributed by atoms with van der Waals surface area (Å²) >= 11 is 0. The van der Waals surface area contributed by atoms with Crippen molar-refractivity contribution in [3.63, 3.8) is 0 Å². The molecular formula is C29H31FN4O5S. The van der Waals surface area contributed by atoms with Gasteiger partial charge in [-0.3, -0.25) is 14.5 Å². The Hall–Kier alpha value is -3.83. The molecule has 40 heavy (non-hydrogen) atoms. The van der Waals surface area contributed by atoms with E-state index in [0.29, 0.717) is 35.4 Å². The van der Waals surface area contributed by atoms with Crippen LogP contribution in [-0.4, -0.2) is 47.6 Å². The molecule has 0 radical (unpaired) electrons. The Bertz CT molecular complexity index is 1690. The van der Waals surface area contributed by atoms with Crippen LogP contribution < -0.4 is 10.1 Å². The van der Waals surface area contributed by atoms with Gasteiger partial charge < -0.3 is 14.8 Å². The maximum absolute atomic E-state index is 15.4. The molecule has 1 N–H and O–H groups in total. The van der Waals surface area contributed by atoms with E-state index in [0.717, 1.165) is 0 Å². The zero-order chi connectivity index (χ0) is 28.7. The van der Waals surface area contributed by atoms with Gasteiger partial charge >= 0.3 is 0 Å². The summed E-state index contributed by atoms with van der Waals surface area (Å²) in [7, 11) is -3.59. The van der Waals surface area contributed by atoms with Crippen LogP contribution in [0.25, 0.3) is 10.9 Å². The number of aromatic nitrogens is 3. The van der Waals surface area contributed by atoms with Gasteiger partial charge in [-0.05, 0) is 70.0 Å². The molecule has 0 spiro atoms. The van der Waals surface area contributed by atoms with Crippen LogP contribution in [0.5, 0.6) is 11.5 Å². The standard InChI is InChI=1S/C29H31FN4O5S/c1-18-25(8-5-19(28(18)30)13-27(35)33-20-15-32-34(16-20)29(2,3)4)39-26-9-11-31-24-7-6-21(14-23(24)26)40(36,37)22-10-12-38-17-22/h5-9,11,14-16,22H,10,12-13,17H2,1-4H3,(H,33,35). The monoisotopic (exact) mass is 566 g/mol. The van der Waals surface area contributed by atoms with E-state index in [9.17, 15) is 13.2 Å². The predicted molar refractivity (Wildman–Crippen MR) is 149 cm³/mol. The van der Waals surface area contributed by atoms with Crippen LogP contribution in [0, 0.1) is 12.7 Å². The topological polar surface area (TPSA) is 112 Å². The van der Waals surface area contributed by atoms with Gasteiger partial charge in [0.05, 0.1) is 46.1 Å². The first-order valence-electron chi connectivity index (χ1n) is 12.9. The molecular weight excluding hydrogens is 535 g/mol. The molecule has 1 amide bonds. The molecule has 11 heteroatoms. The average molecular weight is 567 g/mol. The molecule has 1 atom stereocenters. The van der Waals surface area contributed by atoms with Crippen molar-refractivity contribution in [2.75, 3.05) is 18.5 Å². The molecule has 3 heterocycles. The first-order chi connectivity index (χ1) is 18.9. The van der Waals surface area contributed by atoms with Crippen LogP contribution in [0.3, 0.4) is 0 Å². The van der Waals surface area contributed by atoms with Crippen LogP contribution in [0.1, 0.15) is 38.3 Å². The largest absolute Gasteiger partial charge is 0.456 e. The number of rotatable bonds is 7. The second-order valence-electron chi connectivity index (χ2n) is 10.9. The van der Waals surface area contributed by atoms with Crippen molar-refractivity contribution in [3.8, 4) is 11.5 Å². The molecule has 1 fully saturated rings. The van der Waals surface area contributed by atoms with E-state index in [4.69, 9.17) is 9.47 Å². The van der Waals surface area contributed by atoms with Gasteiger partial charge in [0.2, 0.25) is 5.91 Å². The highest BCUT2D eigenvalue weighted by atomic mass is 32.2. The van der Waals surface area contributed by atoms with Crippen molar-refractivity contribution in [1.29, 1.82) is 0 Å². The van der Waals surface area contributed by atoms with Crippen molar-refractivity contribution in [3.05, 3.63) is 71.9 Å². The van der Waals surface area contributed by atoms with Crippen molar-refractivity contribution >= 4 is 32.3 Å². The predicted octanol–water partition coefficient (Wildman–Crippen LogP) is 5.17. The van der Waals surface area contributed by atoms with Gasteiger partial charge in [-0.15, -0.1) is 0 Å². The molecule has 0 saturated carbocycles. The molecule has 2 aromatic heterocycles. The third kappa shape index (κ3) is 5.57. The average Bonchev–Trinajstić information content (AvgIpc) is 3.61. The van der Waals surface area contributed by atoms with Gasteiger partial charge in [0.25, 0.3) is 0 Å². The highest BCUT2D eigenvalue weighted by Crippen LogP contribution is 2.34. The van der Waals surface area contributed by atoms with Gasteiger partial charge in [0.1, 0.15) is 17.3 Å². The lowest BCUT2D eigenvalue weighted by Gasteiger charge is -2.18. The van der Waals surface area contributed by atoms with Gasteiger partial charge in [0.15, 0.2) is 9.84 Å².